The Hall–Kier alpha value is -2.58. The van der Waals surface area contributed by atoms with Gasteiger partial charge >= 0.3 is 6.03 Å². The van der Waals surface area contributed by atoms with Crippen LogP contribution in [0.2, 0.25) is 5.02 Å². The van der Waals surface area contributed by atoms with E-state index in [9.17, 15) is 14.4 Å². The summed E-state index contributed by atoms with van der Waals surface area (Å²) in [4.78, 5) is 41.4. The van der Waals surface area contributed by atoms with Gasteiger partial charge < -0.3 is 15.5 Å². The van der Waals surface area contributed by atoms with Crippen LogP contribution in [0, 0.1) is 0 Å². The van der Waals surface area contributed by atoms with Gasteiger partial charge in [0, 0.05) is 23.5 Å². The number of piperazine rings is 1. The van der Waals surface area contributed by atoms with Gasteiger partial charge in [0.15, 0.2) is 0 Å². The molecule has 0 bridgehead atoms. The molecule has 158 valence electrons. The van der Waals surface area contributed by atoms with Crippen molar-refractivity contribution in [3.05, 3.63) is 45.3 Å². The van der Waals surface area contributed by atoms with Gasteiger partial charge in [-0.15, -0.1) is 11.3 Å². The molecule has 1 fully saturated rings. The maximum atomic E-state index is 13.3. The number of amides is 4. The first-order chi connectivity index (χ1) is 14.0. The summed E-state index contributed by atoms with van der Waals surface area (Å²) in [6.07, 6.45) is 0. The van der Waals surface area contributed by atoms with E-state index in [2.05, 4.69) is 16.0 Å². The molecule has 0 radical (unpaired) electrons. The Morgan fingerprint density at radius 1 is 1.23 bits per heavy atom. The van der Waals surface area contributed by atoms with Crippen LogP contribution in [-0.2, 0) is 15.7 Å². The van der Waals surface area contributed by atoms with Crippen molar-refractivity contribution >= 4 is 51.5 Å². The van der Waals surface area contributed by atoms with Crippen molar-refractivity contribution in [1.29, 1.82) is 0 Å². The van der Waals surface area contributed by atoms with Crippen molar-refractivity contribution in [2.75, 3.05) is 23.7 Å². The van der Waals surface area contributed by atoms with Crippen LogP contribution in [0.1, 0.15) is 48.5 Å². The van der Waals surface area contributed by atoms with Crippen LogP contribution < -0.4 is 16.0 Å². The quantitative estimate of drug-likeness (QED) is 0.647. The number of urea groups is 1. The first-order valence-corrected chi connectivity index (χ1v) is 10.8. The largest absolute Gasteiger partial charge is 0.352 e. The first-order valence-electron chi connectivity index (χ1n) is 9.65. The summed E-state index contributed by atoms with van der Waals surface area (Å²) < 4.78 is 0. The lowest BCUT2D eigenvalue weighted by atomic mass is 9.82. The summed E-state index contributed by atoms with van der Waals surface area (Å²) in [6, 6.07) is 6.41. The van der Waals surface area contributed by atoms with Crippen LogP contribution in [0.3, 0.4) is 0 Å². The van der Waals surface area contributed by atoms with Crippen LogP contribution in [0.5, 0.6) is 0 Å². The van der Waals surface area contributed by atoms with Gasteiger partial charge in [0.2, 0.25) is 5.91 Å². The molecule has 1 saturated heterocycles. The number of benzene rings is 1. The minimum Gasteiger partial charge on any atom is -0.352 e. The summed E-state index contributed by atoms with van der Waals surface area (Å²) in [7, 11) is 0. The minimum absolute atomic E-state index is 0.198. The zero-order valence-electron chi connectivity index (χ0n) is 17.2. The van der Waals surface area contributed by atoms with Crippen LogP contribution in [0.4, 0.5) is 15.5 Å². The highest BCUT2D eigenvalue weighted by atomic mass is 35.5. The summed E-state index contributed by atoms with van der Waals surface area (Å²) in [6.45, 7) is 8.71. The molecule has 2 aromatic rings. The molecule has 7 nitrogen and oxygen atoms in total. The van der Waals surface area contributed by atoms with Gasteiger partial charge in [0.05, 0.1) is 16.3 Å². The number of carbonyl (C=O) groups excluding carboxylic acids is 3. The number of hydrogen-bond acceptors (Lipinski definition) is 4. The molecule has 1 aromatic heterocycles. The number of thiophene rings is 1. The van der Waals surface area contributed by atoms with E-state index < -0.39 is 11.6 Å². The molecule has 0 spiro atoms. The van der Waals surface area contributed by atoms with E-state index in [1.54, 1.807) is 36.1 Å². The molecule has 3 heterocycles. The number of halogens is 1. The third-order valence-electron chi connectivity index (χ3n) is 5.49. The molecule has 0 saturated carbocycles. The van der Waals surface area contributed by atoms with Crippen LogP contribution >= 0.6 is 22.9 Å². The molecular formula is C21H23ClN4O3S. The Morgan fingerprint density at radius 2 is 1.93 bits per heavy atom. The number of carbonyl (C=O) groups is 3. The molecule has 3 N–H and O–H groups in total. The SMILES string of the molecule is CC(C)(C)c1sc(NC(=O)Nc2ccccc2Cl)c2c1C1(C)C(=O)NCCN1C2=O. The smallest absolute Gasteiger partial charge is 0.324 e. The number of nitrogens with one attached hydrogen (secondary N) is 3. The number of fused-ring (bicyclic) bond motifs is 3. The molecule has 2 aliphatic heterocycles. The molecule has 4 amide bonds. The van der Waals surface area contributed by atoms with E-state index in [-0.39, 0.29) is 17.2 Å². The molecule has 0 aliphatic carbocycles. The molecular weight excluding hydrogens is 424 g/mol. The van der Waals surface area contributed by atoms with Crippen molar-refractivity contribution in [3.63, 3.8) is 0 Å². The van der Waals surface area contributed by atoms with Crippen LogP contribution in [-0.4, -0.2) is 35.8 Å². The average molecular weight is 447 g/mol. The maximum absolute atomic E-state index is 13.3. The van der Waals surface area contributed by atoms with Crippen molar-refractivity contribution in [1.82, 2.24) is 10.2 Å². The third-order valence-corrected chi connectivity index (χ3v) is 7.35. The third kappa shape index (κ3) is 3.06. The van der Waals surface area contributed by atoms with E-state index in [0.29, 0.717) is 39.9 Å². The second-order valence-corrected chi connectivity index (χ2v) is 10.0. The lowest BCUT2D eigenvalue weighted by molar-refractivity contribution is -0.134. The van der Waals surface area contributed by atoms with E-state index in [1.807, 2.05) is 20.8 Å². The number of para-hydroxylation sites is 1. The Bertz CT molecular complexity index is 1070. The van der Waals surface area contributed by atoms with Gasteiger partial charge in [-0.2, -0.15) is 0 Å². The van der Waals surface area contributed by atoms with Gasteiger partial charge in [0.25, 0.3) is 5.91 Å². The van der Waals surface area contributed by atoms with Crippen molar-refractivity contribution in [2.24, 2.45) is 0 Å². The van der Waals surface area contributed by atoms with Gasteiger partial charge in [-0.3, -0.25) is 14.9 Å². The standard InChI is InChI=1S/C21H23ClN4O3S/c1-20(2,3)15-14-13(17(27)26-10-9-23-18(28)21(14,26)4)16(30-15)25-19(29)24-12-8-6-5-7-11(12)22/h5-8H,9-10H2,1-4H3,(H,23,28)(H2,24,25,29). The Balaban J connectivity index is 1.77. The molecule has 4 rings (SSSR count). The molecule has 1 aromatic carbocycles. The van der Waals surface area contributed by atoms with Gasteiger partial charge in [0.1, 0.15) is 10.5 Å². The van der Waals surface area contributed by atoms with Gasteiger partial charge in [-0.05, 0) is 24.5 Å². The number of hydrogen-bond donors (Lipinski definition) is 3. The Labute approximate surface area is 183 Å². The predicted octanol–water partition coefficient (Wildman–Crippen LogP) is 4.14. The Kier molecular flexibility index (Phi) is 4.82. The molecule has 1 atom stereocenters. The molecule has 2 aliphatic rings. The minimum atomic E-state index is -1.08. The molecule has 1 unspecified atom stereocenters. The maximum Gasteiger partial charge on any atom is 0.324 e. The second-order valence-electron chi connectivity index (χ2n) is 8.60. The fourth-order valence-corrected chi connectivity index (χ4v) is 5.55. The zero-order valence-corrected chi connectivity index (χ0v) is 18.8. The molecule has 9 heteroatoms. The lowest BCUT2D eigenvalue weighted by Crippen LogP contribution is -2.59. The fourth-order valence-electron chi connectivity index (χ4n) is 4.02. The van der Waals surface area contributed by atoms with Gasteiger partial charge in [-0.25, -0.2) is 4.79 Å². The van der Waals surface area contributed by atoms with Crippen molar-refractivity contribution < 1.29 is 14.4 Å². The number of nitrogens with zero attached hydrogens (tertiary/aromatic N) is 1. The second kappa shape index (κ2) is 6.99. The van der Waals surface area contributed by atoms with Gasteiger partial charge in [-0.1, -0.05) is 44.5 Å². The summed E-state index contributed by atoms with van der Waals surface area (Å²) in [5.74, 6) is -0.432. The van der Waals surface area contributed by atoms with E-state index >= 15 is 0 Å². The van der Waals surface area contributed by atoms with Crippen LogP contribution in [0.15, 0.2) is 24.3 Å². The van der Waals surface area contributed by atoms with Crippen molar-refractivity contribution in [3.8, 4) is 0 Å². The van der Waals surface area contributed by atoms with E-state index in [4.69, 9.17) is 11.6 Å². The highest BCUT2D eigenvalue weighted by molar-refractivity contribution is 7.17. The normalized spacial score (nSPS) is 20.5. The monoisotopic (exact) mass is 446 g/mol. The lowest BCUT2D eigenvalue weighted by Gasteiger charge is -2.40. The number of anilines is 2. The predicted molar refractivity (Wildman–Crippen MR) is 119 cm³/mol. The molecule has 30 heavy (non-hydrogen) atoms. The zero-order chi connectivity index (χ0) is 21.8. The number of rotatable bonds is 2. The van der Waals surface area contributed by atoms with Crippen molar-refractivity contribution in [2.45, 2.75) is 38.6 Å². The summed E-state index contributed by atoms with van der Waals surface area (Å²) in [5.41, 5.74) is 0.165. The van der Waals surface area contributed by atoms with Crippen LogP contribution in [0.25, 0.3) is 0 Å². The average Bonchev–Trinajstić information content (AvgIpc) is 3.15. The summed E-state index contributed by atoms with van der Waals surface area (Å²) >= 11 is 7.46. The highest BCUT2D eigenvalue weighted by Crippen LogP contribution is 2.52. The van der Waals surface area contributed by atoms with E-state index in [0.717, 1.165) is 4.88 Å². The highest BCUT2D eigenvalue weighted by Gasteiger charge is 2.57. The fraction of sp³-hybridized carbons (Fsp3) is 0.381. The first kappa shape index (κ1) is 20.7. The topological polar surface area (TPSA) is 90.5 Å². The van der Waals surface area contributed by atoms with E-state index in [1.165, 1.54) is 11.3 Å². The Morgan fingerprint density at radius 3 is 2.60 bits per heavy atom. The summed E-state index contributed by atoms with van der Waals surface area (Å²) in [5, 5.41) is 9.26.